The molecule has 2 aromatic rings. The molecule has 0 saturated carbocycles. The third kappa shape index (κ3) is 5.25. The Bertz CT molecular complexity index is 472. The second-order valence-electron chi connectivity index (χ2n) is 5.24. The molecular weight excluding hydrogens is 235 g/mol. The van der Waals surface area contributed by atoms with Gasteiger partial charge in [0.1, 0.15) is 5.82 Å². The number of halogens is 1. The molecule has 0 aliphatic rings. The fraction of sp³-hybridized carbons (Fsp3) is 0.333. The fourth-order valence-electron chi connectivity index (χ4n) is 1.78. The van der Waals surface area contributed by atoms with Crippen LogP contribution in [0.25, 0.3) is 0 Å². The summed E-state index contributed by atoms with van der Waals surface area (Å²) in [5.74, 6) is 0.838. The first-order valence-electron chi connectivity index (χ1n) is 6.81. The van der Waals surface area contributed by atoms with Gasteiger partial charge >= 0.3 is 0 Å². The Labute approximate surface area is 116 Å². The minimum atomic E-state index is -0.0995. The van der Waals surface area contributed by atoms with Gasteiger partial charge in [-0.1, -0.05) is 76.2 Å². The molecule has 0 radical (unpaired) electrons. The molecule has 0 fully saturated rings. The first kappa shape index (κ1) is 15.4. The van der Waals surface area contributed by atoms with Crippen LogP contribution in [0.4, 0.5) is 4.39 Å². The Balaban J connectivity index is 0.000000191. The third-order valence-electron chi connectivity index (χ3n) is 2.99. The summed E-state index contributed by atoms with van der Waals surface area (Å²) in [6.07, 6.45) is 0. The lowest BCUT2D eigenvalue weighted by Crippen LogP contribution is -1.90. The van der Waals surface area contributed by atoms with Gasteiger partial charge < -0.3 is 0 Å². The summed E-state index contributed by atoms with van der Waals surface area (Å²) >= 11 is 0. The summed E-state index contributed by atoms with van der Waals surface area (Å²) in [6.45, 7) is 8.38. The van der Waals surface area contributed by atoms with Gasteiger partial charge in [-0.25, -0.2) is 4.39 Å². The Kier molecular flexibility index (Phi) is 6.27. The van der Waals surface area contributed by atoms with Crippen LogP contribution in [0, 0.1) is 5.82 Å². The van der Waals surface area contributed by atoms with Gasteiger partial charge in [0, 0.05) is 0 Å². The van der Waals surface area contributed by atoms with Crippen LogP contribution in [0.5, 0.6) is 0 Å². The highest BCUT2D eigenvalue weighted by Crippen LogP contribution is 2.16. The van der Waals surface area contributed by atoms with Gasteiger partial charge in [0.05, 0.1) is 0 Å². The molecule has 0 nitrogen and oxygen atoms in total. The maximum absolute atomic E-state index is 12.8. The van der Waals surface area contributed by atoms with Crippen LogP contribution in [-0.2, 0) is 0 Å². The zero-order valence-electron chi connectivity index (χ0n) is 12.2. The van der Waals surface area contributed by atoms with Crippen molar-refractivity contribution in [3.05, 3.63) is 71.5 Å². The second kappa shape index (κ2) is 7.73. The first-order valence-corrected chi connectivity index (χ1v) is 6.81. The second-order valence-corrected chi connectivity index (χ2v) is 5.24. The van der Waals surface area contributed by atoms with Crippen molar-refractivity contribution < 1.29 is 4.39 Å². The molecular formula is C18H23F. The molecule has 0 heterocycles. The molecule has 0 aliphatic heterocycles. The Morgan fingerprint density at radius 1 is 0.684 bits per heavy atom. The lowest BCUT2D eigenvalue weighted by atomic mass is 10.0. The minimum absolute atomic E-state index is 0.0995. The monoisotopic (exact) mass is 258 g/mol. The Morgan fingerprint density at radius 3 is 1.58 bits per heavy atom. The molecule has 2 rings (SSSR count). The summed E-state index contributed by atoms with van der Waals surface area (Å²) in [4.78, 5) is 0. The van der Waals surface area contributed by atoms with Gasteiger partial charge in [-0.3, -0.25) is 0 Å². The molecule has 0 aromatic heterocycles. The fourth-order valence-corrected chi connectivity index (χ4v) is 1.78. The van der Waals surface area contributed by atoms with Crippen molar-refractivity contribution in [2.24, 2.45) is 0 Å². The van der Waals surface area contributed by atoms with Gasteiger partial charge in [-0.2, -0.15) is 0 Å². The van der Waals surface area contributed by atoms with Crippen LogP contribution in [0.1, 0.15) is 50.7 Å². The first-order chi connectivity index (χ1) is 9.02. The number of rotatable bonds is 2. The summed E-state index contributed by atoms with van der Waals surface area (Å²) in [7, 11) is 0. The molecule has 0 saturated heterocycles. The molecule has 19 heavy (non-hydrogen) atoms. The average Bonchev–Trinajstić information content (AvgIpc) is 2.40. The van der Waals surface area contributed by atoms with E-state index in [0.717, 1.165) is 5.56 Å². The van der Waals surface area contributed by atoms with Crippen molar-refractivity contribution in [3.63, 3.8) is 0 Å². The van der Waals surface area contributed by atoms with Gasteiger partial charge in [-0.05, 0) is 29.0 Å². The molecule has 2 aromatic carbocycles. The van der Waals surface area contributed by atoms with E-state index in [1.54, 1.807) is 6.07 Å². The third-order valence-corrected chi connectivity index (χ3v) is 2.99. The van der Waals surface area contributed by atoms with Crippen LogP contribution in [0.15, 0.2) is 54.6 Å². The smallest absolute Gasteiger partial charge is 0.126 e. The Hall–Kier alpha value is -1.63. The lowest BCUT2D eigenvalue weighted by molar-refractivity contribution is 0.598. The van der Waals surface area contributed by atoms with E-state index in [1.807, 2.05) is 32.0 Å². The van der Waals surface area contributed by atoms with E-state index >= 15 is 0 Å². The van der Waals surface area contributed by atoms with Crippen LogP contribution < -0.4 is 0 Å². The normalized spacial score (nSPS) is 10.3. The molecule has 0 aliphatic carbocycles. The summed E-state index contributed by atoms with van der Waals surface area (Å²) in [5, 5.41) is 0. The highest BCUT2D eigenvalue weighted by Gasteiger charge is 2.02. The van der Waals surface area contributed by atoms with Crippen LogP contribution in [0.2, 0.25) is 0 Å². The Morgan fingerprint density at radius 2 is 1.21 bits per heavy atom. The SMILES string of the molecule is CC(C)c1ccccc1.CC(C)c1ccccc1F. The minimum Gasteiger partial charge on any atom is -0.207 e. The number of hydrogen-bond acceptors (Lipinski definition) is 0. The summed E-state index contributed by atoms with van der Waals surface area (Å²) in [5.41, 5.74) is 2.21. The molecule has 0 unspecified atom stereocenters. The predicted octanol–water partition coefficient (Wildman–Crippen LogP) is 5.76. The largest absolute Gasteiger partial charge is 0.207 e. The maximum Gasteiger partial charge on any atom is 0.126 e. The van der Waals surface area contributed by atoms with Crippen molar-refractivity contribution in [1.82, 2.24) is 0 Å². The van der Waals surface area contributed by atoms with E-state index in [9.17, 15) is 4.39 Å². The van der Waals surface area contributed by atoms with Crippen LogP contribution in [-0.4, -0.2) is 0 Å². The van der Waals surface area contributed by atoms with Crippen molar-refractivity contribution in [2.75, 3.05) is 0 Å². The van der Waals surface area contributed by atoms with E-state index in [2.05, 4.69) is 38.1 Å². The van der Waals surface area contributed by atoms with Gasteiger partial charge in [0.15, 0.2) is 0 Å². The van der Waals surface area contributed by atoms with E-state index < -0.39 is 0 Å². The molecule has 0 bridgehead atoms. The van der Waals surface area contributed by atoms with Crippen LogP contribution >= 0.6 is 0 Å². The quantitative estimate of drug-likeness (QED) is 0.642. The highest BCUT2D eigenvalue weighted by molar-refractivity contribution is 5.20. The highest BCUT2D eigenvalue weighted by atomic mass is 19.1. The molecule has 0 N–H and O–H groups in total. The summed E-state index contributed by atoms with van der Waals surface area (Å²) in [6, 6.07) is 17.4. The zero-order chi connectivity index (χ0) is 14.3. The summed E-state index contributed by atoms with van der Waals surface area (Å²) < 4.78 is 12.8. The number of hydrogen-bond donors (Lipinski definition) is 0. The zero-order valence-corrected chi connectivity index (χ0v) is 12.2. The van der Waals surface area contributed by atoms with Crippen LogP contribution in [0.3, 0.4) is 0 Å². The van der Waals surface area contributed by atoms with Gasteiger partial charge in [0.25, 0.3) is 0 Å². The van der Waals surface area contributed by atoms with Crippen molar-refractivity contribution in [2.45, 2.75) is 39.5 Å². The van der Waals surface area contributed by atoms with Crippen molar-refractivity contribution in [1.29, 1.82) is 0 Å². The predicted molar refractivity (Wildman–Crippen MR) is 81.0 cm³/mol. The maximum atomic E-state index is 12.8. The van der Waals surface area contributed by atoms with E-state index in [1.165, 1.54) is 11.6 Å². The van der Waals surface area contributed by atoms with Gasteiger partial charge in [-0.15, -0.1) is 0 Å². The number of benzene rings is 2. The standard InChI is InChI=1S/C9H11F.C9H12/c1-7(2)8-5-3-4-6-9(8)10;1-8(2)9-6-4-3-5-7-9/h3-7H,1-2H3;3-8H,1-2H3. The topological polar surface area (TPSA) is 0 Å². The molecule has 102 valence electrons. The molecule has 0 amide bonds. The van der Waals surface area contributed by atoms with E-state index in [4.69, 9.17) is 0 Å². The van der Waals surface area contributed by atoms with E-state index in [0.29, 0.717) is 5.92 Å². The lowest BCUT2D eigenvalue weighted by Gasteiger charge is -2.04. The molecule has 1 heteroatoms. The molecule has 0 atom stereocenters. The molecule has 0 spiro atoms. The van der Waals surface area contributed by atoms with Crippen molar-refractivity contribution in [3.8, 4) is 0 Å². The average molecular weight is 258 g/mol. The van der Waals surface area contributed by atoms with Gasteiger partial charge in [0.2, 0.25) is 0 Å². The van der Waals surface area contributed by atoms with Crippen molar-refractivity contribution >= 4 is 0 Å². The van der Waals surface area contributed by atoms with E-state index in [-0.39, 0.29) is 11.7 Å².